The van der Waals surface area contributed by atoms with Gasteiger partial charge in [-0.2, -0.15) is 12.1 Å². The van der Waals surface area contributed by atoms with Crippen LogP contribution in [0.4, 0.5) is 0 Å². The van der Waals surface area contributed by atoms with Gasteiger partial charge in [0.15, 0.2) is 0 Å². The van der Waals surface area contributed by atoms with Gasteiger partial charge in [0.2, 0.25) is 5.56 Å². The topological polar surface area (TPSA) is 31.2 Å². The van der Waals surface area contributed by atoms with E-state index in [2.05, 4.69) is 37.9 Å². The van der Waals surface area contributed by atoms with E-state index in [4.69, 9.17) is 4.74 Å². The molecular weight excluding hydrogens is 451 g/mol. The minimum absolute atomic E-state index is 0. The Kier molecular flexibility index (Phi) is 6.44. The van der Waals surface area contributed by atoms with E-state index >= 15 is 0 Å². The van der Waals surface area contributed by atoms with Gasteiger partial charge in [0.25, 0.3) is 0 Å². The van der Waals surface area contributed by atoms with Gasteiger partial charge in [-0.25, -0.2) is 0 Å². The van der Waals surface area contributed by atoms with Crippen LogP contribution in [0.15, 0.2) is 38.0 Å². The Bertz CT molecular complexity index is 656. The first kappa shape index (κ1) is 17.1. The number of hydrogen-bond donors (Lipinski definition) is 0. The maximum absolute atomic E-state index is 11.9. The Balaban J connectivity index is 0.00000180. The molecule has 0 atom stereocenters. The summed E-state index contributed by atoms with van der Waals surface area (Å²) in [6.45, 7) is 0. The Morgan fingerprint density at radius 1 is 1.26 bits per heavy atom. The summed E-state index contributed by atoms with van der Waals surface area (Å²) in [5, 5.41) is 0. The zero-order valence-corrected chi connectivity index (χ0v) is 16.4. The molecule has 1 heterocycles. The van der Waals surface area contributed by atoms with E-state index in [9.17, 15) is 4.79 Å². The fraction of sp³-hybridized carbons (Fsp3) is 0.154. The predicted molar refractivity (Wildman–Crippen MR) is 77.9 cm³/mol. The van der Waals surface area contributed by atoms with Crippen molar-refractivity contribution in [2.45, 2.75) is 0 Å². The second-order valence-electron chi connectivity index (χ2n) is 3.70. The van der Waals surface area contributed by atoms with Crippen LogP contribution in [0.25, 0.3) is 11.3 Å². The summed E-state index contributed by atoms with van der Waals surface area (Å²) in [6, 6.07) is 10.3. The molecule has 0 unspecified atom stereocenters. The minimum atomic E-state index is -0.0912. The van der Waals surface area contributed by atoms with Gasteiger partial charge in [0.05, 0.1) is 7.11 Å². The summed E-state index contributed by atoms with van der Waals surface area (Å²) in [7, 11) is 3.33. The van der Waals surface area contributed by atoms with Gasteiger partial charge in [0.1, 0.15) is 5.75 Å². The minimum Gasteiger partial charge on any atom is -0.497 e. The number of rotatable bonds is 2. The van der Waals surface area contributed by atoms with E-state index in [1.165, 1.54) is 0 Å². The van der Waals surface area contributed by atoms with Crippen LogP contribution in [0.5, 0.6) is 5.75 Å². The fourth-order valence-corrected chi connectivity index (χ4v) is 2.55. The van der Waals surface area contributed by atoms with Gasteiger partial charge in [-0.1, -0.05) is 27.2 Å². The van der Waals surface area contributed by atoms with Crippen molar-refractivity contribution in [3.05, 3.63) is 49.6 Å². The van der Waals surface area contributed by atoms with E-state index < -0.39 is 0 Å². The van der Waals surface area contributed by atoms with Gasteiger partial charge in [-0.05, 0) is 21.1 Å². The Morgan fingerprint density at radius 2 is 1.95 bits per heavy atom. The third-order valence-corrected chi connectivity index (χ3v) is 3.84. The standard InChI is InChI=1S/C13H10Br2NO2.Y/c1-16-12(6-5-10(14)13(16)17)9-4-3-8(18-2)7-11(9)15;/h3-5,7H,1-2H3;/q-1;. The molecule has 0 aliphatic heterocycles. The van der Waals surface area contributed by atoms with E-state index in [1.54, 1.807) is 24.8 Å². The largest absolute Gasteiger partial charge is 0.497 e. The number of hydrogen-bond acceptors (Lipinski definition) is 2. The summed E-state index contributed by atoms with van der Waals surface area (Å²) < 4.78 is 8.05. The first-order valence-electron chi connectivity index (χ1n) is 5.15. The molecular formula is C13H10Br2NO2Y-. The maximum atomic E-state index is 11.9. The van der Waals surface area contributed by atoms with Crippen LogP contribution in [-0.2, 0) is 39.8 Å². The summed E-state index contributed by atoms with van der Waals surface area (Å²) >= 11 is 6.67. The molecule has 1 aromatic carbocycles. The Labute approximate surface area is 153 Å². The predicted octanol–water partition coefficient (Wildman–Crippen LogP) is 3.38. The van der Waals surface area contributed by atoms with Crippen molar-refractivity contribution in [2.24, 2.45) is 7.05 Å². The number of pyridine rings is 1. The third-order valence-electron chi connectivity index (χ3n) is 2.61. The molecule has 0 aliphatic carbocycles. The second kappa shape index (κ2) is 7.16. The van der Waals surface area contributed by atoms with Gasteiger partial charge in [0, 0.05) is 39.8 Å². The molecule has 0 saturated carbocycles. The SMILES string of the molecule is COc1ccc(-c2[c-]cc(Br)c(=O)n2C)c(Br)c1.[Y]. The molecule has 0 bridgehead atoms. The number of ether oxygens (including phenoxy) is 1. The molecule has 1 aromatic heterocycles. The number of nitrogens with zero attached hydrogens (tertiary/aromatic N) is 1. The second-order valence-corrected chi connectivity index (χ2v) is 5.40. The number of benzene rings is 1. The van der Waals surface area contributed by atoms with Gasteiger partial charge in [-0.3, -0.25) is 4.79 Å². The zero-order chi connectivity index (χ0) is 13.3. The normalized spacial score (nSPS) is 9.89. The van der Waals surface area contributed by atoms with Crippen molar-refractivity contribution in [1.29, 1.82) is 0 Å². The number of aromatic nitrogens is 1. The van der Waals surface area contributed by atoms with Crippen molar-refractivity contribution in [1.82, 2.24) is 4.57 Å². The summed E-state index contributed by atoms with van der Waals surface area (Å²) in [4.78, 5) is 11.9. The smallest absolute Gasteiger partial charge is 0.208 e. The zero-order valence-electron chi connectivity index (χ0n) is 10.4. The van der Waals surface area contributed by atoms with Gasteiger partial charge >= 0.3 is 0 Å². The molecule has 2 rings (SSSR count). The van der Waals surface area contributed by atoms with E-state index in [0.29, 0.717) is 4.47 Å². The third kappa shape index (κ3) is 3.57. The molecule has 0 N–H and O–H groups in total. The van der Waals surface area contributed by atoms with E-state index in [1.807, 2.05) is 18.2 Å². The van der Waals surface area contributed by atoms with Crippen LogP contribution < -0.4 is 10.3 Å². The average Bonchev–Trinajstić information content (AvgIpc) is 2.37. The molecule has 1 radical (unpaired) electrons. The van der Waals surface area contributed by atoms with Gasteiger partial charge < -0.3 is 9.30 Å². The Morgan fingerprint density at radius 3 is 2.53 bits per heavy atom. The molecule has 0 fully saturated rings. The van der Waals surface area contributed by atoms with Crippen molar-refractivity contribution >= 4 is 31.9 Å². The van der Waals surface area contributed by atoms with Crippen LogP contribution in [0.2, 0.25) is 0 Å². The molecule has 3 nitrogen and oxygen atoms in total. The van der Waals surface area contributed by atoms with Crippen LogP contribution in [0, 0.1) is 6.07 Å². The molecule has 19 heavy (non-hydrogen) atoms. The molecule has 6 heteroatoms. The monoisotopic (exact) mass is 459 g/mol. The summed E-state index contributed by atoms with van der Waals surface area (Å²) in [6.07, 6.45) is 0. The molecule has 97 valence electrons. The first-order valence-corrected chi connectivity index (χ1v) is 6.74. The molecule has 0 saturated heterocycles. The van der Waals surface area contributed by atoms with Crippen LogP contribution in [-0.4, -0.2) is 11.7 Å². The quantitative estimate of drug-likeness (QED) is 0.643. The fourth-order valence-electron chi connectivity index (χ4n) is 1.63. The van der Waals surface area contributed by atoms with Crippen molar-refractivity contribution < 1.29 is 37.4 Å². The molecule has 0 amide bonds. The average molecular weight is 461 g/mol. The first-order chi connectivity index (χ1) is 8.54. The van der Waals surface area contributed by atoms with Crippen LogP contribution in [0.1, 0.15) is 0 Å². The molecule has 0 aliphatic rings. The van der Waals surface area contributed by atoms with Gasteiger partial charge in [-0.15, -0.1) is 22.0 Å². The number of methoxy groups -OCH3 is 1. The maximum Gasteiger partial charge on any atom is 0.208 e. The molecule has 2 aromatic rings. The van der Waals surface area contributed by atoms with Crippen LogP contribution in [0.3, 0.4) is 0 Å². The number of halogens is 2. The Hall–Kier alpha value is 0.0339. The molecule has 0 spiro atoms. The van der Waals surface area contributed by atoms with Crippen LogP contribution >= 0.6 is 31.9 Å². The van der Waals surface area contributed by atoms with Crippen molar-refractivity contribution in [3.63, 3.8) is 0 Å². The van der Waals surface area contributed by atoms with E-state index in [-0.39, 0.29) is 38.3 Å². The summed E-state index contributed by atoms with van der Waals surface area (Å²) in [5.74, 6) is 0.757. The summed E-state index contributed by atoms with van der Waals surface area (Å²) in [5.41, 5.74) is 1.52. The van der Waals surface area contributed by atoms with E-state index in [0.717, 1.165) is 21.5 Å². The van der Waals surface area contributed by atoms with Crippen molar-refractivity contribution in [3.8, 4) is 17.0 Å². The van der Waals surface area contributed by atoms with Crippen molar-refractivity contribution in [2.75, 3.05) is 7.11 Å².